The molecule has 0 bridgehead atoms. The van der Waals surface area contributed by atoms with Crippen LogP contribution in [-0.4, -0.2) is 31.3 Å². The van der Waals surface area contributed by atoms with Gasteiger partial charge in [0.05, 0.1) is 0 Å². The van der Waals surface area contributed by atoms with Crippen LogP contribution in [-0.2, 0) is 0 Å². The third-order valence-electron chi connectivity index (χ3n) is 4.84. The molecule has 1 heteroatoms. The molecule has 0 aromatic rings. The summed E-state index contributed by atoms with van der Waals surface area (Å²) in [5.74, 6) is 0. The molecule has 0 spiro atoms. The first-order valence-corrected chi connectivity index (χ1v) is 12.0. The molecule has 0 unspecified atom stereocenters. The van der Waals surface area contributed by atoms with Crippen LogP contribution in [0.4, 0.5) is 0 Å². The van der Waals surface area contributed by atoms with E-state index in [4.69, 9.17) is 0 Å². The van der Waals surface area contributed by atoms with E-state index >= 15 is 0 Å². The molecule has 0 aliphatic carbocycles. The van der Waals surface area contributed by atoms with Gasteiger partial charge in [-0.05, 0) is 0 Å². The van der Waals surface area contributed by atoms with E-state index < -0.39 is 6.60 Å². The predicted molar refractivity (Wildman–Crippen MR) is 91.9 cm³/mol. The number of unbranched alkanes of at least 4 members (excludes halogenated alkanes) is 4. The second-order valence-corrected chi connectivity index (χ2v) is 13.9. The monoisotopic (exact) mass is 274 g/mol. The van der Waals surface area contributed by atoms with Crippen LogP contribution >= 0.6 is 6.60 Å². The molecule has 0 radical (unpaired) electrons. The van der Waals surface area contributed by atoms with Gasteiger partial charge >= 0.3 is 117 Å². The summed E-state index contributed by atoms with van der Waals surface area (Å²) in [5.41, 5.74) is 0. The van der Waals surface area contributed by atoms with Gasteiger partial charge in [0.25, 0.3) is 0 Å². The summed E-state index contributed by atoms with van der Waals surface area (Å²) in [5, 5.41) is 0. The van der Waals surface area contributed by atoms with Crippen molar-refractivity contribution in [2.45, 2.75) is 79.1 Å². The first-order valence-electron chi connectivity index (χ1n) is 8.54. The van der Waals surface area contributed by atoms with Crippen LogP contribution < -0.4 is 0 Å². The average Bonchev–Trinajstić information content (AvgIpc) is 2.40. The second-order valence-electron chi connectivity index (χ2n) is 6.92. The van der Waals surface area contributed by atoms with Crippen LogP contribution in [0.3, 0.4) is 0 Å². The van der Waals surface area contributed by atoms with Crippen LogP contribution in [0.5, 0.6) is 0 Å². The van der Waals surface area contributed by atoms with Gasteiger partial charge in [-0.15, -0.1) is 0 Å². The molecule has 0 amide bonds. The Morgan fingerprint density at radius 1 is 0.500 bits per heavy atom. The fraction of sp³-hybridized carbons (Fsp3) is 1.00. The van der Waals surface area contributed by atoms with Crippen LogP contribution in [0.1, 0.15) is 79.1 Å². The molecule has 0 heterocycles. The van der Waals surface area contributed by atoms with Crippen molar-refractivity contribution in [1.82, 2.24) is 0 Å². The SMILES string of the molecule is CCCCP(C)(CCCC)(CCCC)CCCC. The first-order chi connectivity index (χ1) is 8.54. The van der Waals surface area contributed by atoms with Crippen molar-refractivity contribution in [3.8, 4) is 0 Å². The van der Waals surface area contributed by atoms with E-state index in [0.29, 0.717) is 0 Å². The Balaban J connectivity index is 4.82. The van der Waals surface area contributed by atoms with E-state index in [1.54, 1.807) is 24.6 Å². The van der Waals surface area contributed by atoms with Crippen LogP contribution in [0, 0.1) is 0 Å². The molecule has 0 aromatic heterocycles. The summed E-state index contributed by atoms with van der Waals surface area (Å²) in [7, 11) is 0. The van der Waals surface area contributed by atoms with Gasteiger partial charge in [-0.25, -0.2) is 0 Å². The summed E-state index contributed by atoms with van der Waals surface area (Å²) in [6.45, 7) is 10.9. The van der Waals surface area contributed by atoms with E-state index in [1.165, 1.54) is 51.4 Å². The maximum absolute atomic E-state index is 2.77. The van der Waals surface area contributed by atoms with Crippen molar-refractivity contribution in [3.63, 3.8) is 0 Å². The van der Waals surface area contributed by atoms with Crippen LogP contribution in [0.15, 0.2) is 0 Å². The first kappa shape index (κ1) is 18.4. The Morgan fingerprint density at radius 3 is 0.889 bits per heavy atom. The molecule has 112 valence electrons. The Hall–Kier alpha value is 0.430. The number of hydrogen-bond acceptors (Lipinski definition) is 0. The van der Waals surface area contributed by atoms with Crippen molar-refractivity contribution in [3.05, 3.63) is 0 Å². The van der Waals surface area contributed by atoms with Gasteiger partial charge in [-0.1, -0.05) is 0 Å². The molecule has 0 N–H and O–H groups in total. The van der Waals surface area contributed by atoms with Gasteiger partial charge in [-0.2, -0.15) is 0 Å². The number of rotatable bonds is 12. The zero-order valence-electron chi connectivity index (χ0n) is 13.9. The van der Waals surface area contributed by atoms with Gasteiger partial charge in [0.15, 0.2) is 0 Å². The van der Waals surface area contributed by atoms with Crippen molar-refractivity contribution in [1.29, 1.82) is 0 Å². The molecule has 0 nitrogen and oxygen atoms in total. The maximum atomic E-state index is 2.77. The molecule has 0 aliphatic heterocycles. The fourth-order valence-corrected chi connectivity index (χ4v) is 9.83. The third-order valence-corrected chi connectivity index (χ3v) is 11.7. The predicted octanol–water partition coefficient (Wildman–Crippen LogP) is 6.37. The Kier molecular flexibility index (Phi) is 9.58. The molecule has 0 saturated heterocycles. The topological polar surface area (TPSA) is 0 Å². The molecular formula is C17H39P. The summed E-state index contributed by atoms with van der Waals surface area (Å²) in [6.07, 6.45) is 17.8. The Morgan fingerprint density at radius 2 is 0.722 bits per heavy atom. The van der Waals surface area contributed by atoms with Gasteiger partial charge in [0, 0.05) is 0 Å². The Bertz CT molecular complexity index is 154. The minimum absolute atomic E-state index is 1.36. The third kappa shape index (κ3) is 6.55. The fourth-order valence-electron chi connectivity index (χ4n) is 3.28. The van der Waals surface area contributed by atoms with E-state index in [1.807, 2.05) is 0 Å². The quantitative estimate of drug-likeness (QED) is 0.363. The van der Waals surface area contributed by atoms with E-state index in [-0.39, 0.29) is 0 Å². The van der Waals surface area contributed by atoms with E-state index in [9.17, 15) is 0 Å². The van der Waals surface area contributed by atoms with Crippen molar-refractivity contribution in [2.24, 2.45) is 0 Å². The van der Waals surface area contributed by atoms with Crippen molar-refractivity contribution < 1.29 is 0 Å². The second kappa shape index (κ2) is 9.35. The molecule has 0 aromatic carbocycles. The number of hydrogen-bond donors (Lipinski definition) is 0. The molecule has 0 saturated carbocycles. The molecule has 0 fully saturated rings. The molecular weight excluding hydrogens is 235 g/mol. The van der Waals surface area contributed by atoms with Gasteiger partial charge in [0.1, 0.15) is 0 Å². The summed E-state index contributed by atoms with van der Waals surface area (Å²) >= 11 is 0. The molecule has 0 aliphatic rings. The van der Waals surface area contributed by atoms with Crippen molar-refractivity contribution >= 4 is 6.60 Å². The van der Waals surface area contributed by atoms with Gasteiger partial charge in [0.2, 0.25) is 0 Å². The van der Waals surface area contributed by atoms with Crippen LogP contribution in [0.25, 0.3) is 0 Å². The normalized spacial score (nSPS) is 14.4. The zero-order valence-corrected chi connectivity index (χ0v) is 14.8. The average molecular weight is 274 g/mol. The van der Waals surface area contributed by atoms with Gasteiger partial charge in [-0.3, -0.25) is 0 Å². The van der Waals surface area contributed by atoms with E-state index in [0.717, 1.165) is 0 Å². The Labute approximate surface area is 117 Å². The summed E-state index contributed by atoms with van der Waals surface area (Å²) in [6, 6.07) is 0. The van der Waals surface area contributed by atoms with Crippen molar-refractivity contribution in [2.75, 3.05) is 31.3 Å². The van der Waals surface area contributed by atoms with Crippen LogP contribution in [0.2, 0.25) is 0 Å². The summed E-state index contributed by atoms with van der Waals surface area (Å²) < 4.78 is 0. The summed E-state index contributed by atoms with van der Waals surface area (Å²) in [4.78, 5) is 0. The zero-order chi connectivity index (χ0) is 13.9. The van der Waals surface area contributed by atoms with E-state index in [2.05, 4.69) is 34.4 Å². The van der Waals surface area contributed by atoms with Gasteiger partial charge < -0.3 is 0 Å². The minimum atomic E-state index is -1.36. The molecule has 0 rings (SSSR count). The molecule has 0 atom stereocenters. The standard InChI is InChI=1S/C17H39P/c1-6-10-14-18(5,15-11-7-2,16-12-8-3)17-13-9-4/h6-17H2,1-5H3. The molecule has 18 heavy (non-hydrogen) atoms.